The van der Waals surface area contributed by atoms with Crippen LogP contribution in [0.25, 0.3) is 0 Å². The van der Waals surface area contributed by atoms with Gasteiger partial charge in [0, 0.05) is 6.04 Å². The lowest BCUT2D eigenvalue weighted by Crippen LogP contribution is -2.46. The first-order chi connectivity index (χ1) is 10.6. The molecule has 0 heterocycles. The van der Waals surface area contributed by atoms with Gasteiger partial charge in [-0.2, -0.15) is 0 Å². The lowest BCUT2D eigenvalue weighted by atomic mass is 10.2. The summed E-state index contributed by atoms with van der Waals surface area (Å²) < 4.78 is 11.0. The third kappa shape index (κ3) is 7.37. The number of aryl methyl sites for hydroxylation is 1. The van der Waals surface area contributed by atoms with Crippen molar-refractivity contribution in [2.24, 2.45) is 0 Å². The normalized spacial score (nSPS) is 12.9. The van der Waals surface area contributed by atoms with E-state index in [0.717, 1.165) is 5.56 Å². The summed E-state index contributed by atoms with van der Waals surface area (Å²) in [6.07, 6.45) is -1.22. The molecule has 0 saturated heterocycles. The number of aliphatic hydroxyl groups excluding tert-OH is 1. The van der Waals surface area contributed by atoms with Gasteiger partial charge in [0.1, 0.15) is 24.1 Å². The Labute approximate surface area is 139 Å². The van der Waals surface area contributed by atoms with Gasteiger partial charge < -0.3 is 19.5 Å². The summed E-state index contributed by atoms with van der Waals surface area (Å²) in [5.74, 6) is 0.706. The van der Waals surface area contributed by atoms with Crippen LogP contribution in [0.3, 0.4) is 0 Å². The van der Waals surface area contributed by atoms with Crippen LogP contribution in [-0.2, 0) is 4.74 Å². The van der Waals surface area contributed by atoms with E-state index in [1.807, 2.05) is 65.8 Å². The van der Waals surface area contributed by atoms with Crippen molar-refractivity contribution in [3.63, 3.8) is 0 Å². The molecule has 130 valence electrons. The van der Waals surface area contributed by atoms with E-state index in [-0.39, 0.29) is 19.2 Å². The van der Waals surface area contributed by atoms with Crippen LogP contribution >= 0.6 is 0 Å². The lowest BCUT2D eigenvalue weighted by molar-refractivity contribution is 0.00188. The summed E-state index contributed by atoms with van der Waals surface area (Å²) in [7, 11) is 0. The van der Waals surface area contributed by atoms with Crippen molar-refractivity contribution in [3.05, 3.63) is 29.8 Å². The number of ether oxygens (including phenoxy) is 2. The minimum atomic E-state index is -0.787. The molecule has 0 aromatic heterocycles. The van der Waals surface area contributed by atoms with Crippen LogP contribution in [0.2, 0.25) is 0 Å². The molecule has 0 aliphatic heterocycles. The predicted octanol–water partition coefficient (Wildman–Crippen LogP) is 3.38. The highest BCUT2D eigenvalue weighted by molar-refractivity contribution is 5.68. The van der Waals surface area contributed by atoms with E-state index in [0.29, 0.717) is 5.75 Å². The minimum absolute atomic E-state index is 0.0709. The summed E-state index contributed by atoms with van der Waals surface area (Å²) in [6.45, 7) is 11.5. The van der Waals surface area contributed by atoms with Crippen LogP contribution in [0.5, 0.6) is 5.75 Å². The fraction of sp³-hybridized carbons (Fsp3) is 0.611. The summed E-state index contributed by atoms with van der Waals surface area (Å²) in [5, 5.41) is 10.2. The zero-order valence-corrected chi connectivity index (χ0v) is 15.0. The maximum absolute atomic E-state index is 12.2. The first-order valence-electron chi connectivity index (χ1n) is 7.95. The molecular weight excluding hydrogens is 294 g/mol. The summed E-state index contributed by atoms with van der Waals surface area (Å²) in [5.41, 5.74) is 0.530. The van der Waals surface area contributed by atoms with Crippen LogP contribution in [-0.4, -0.2) is 47.0 Å². The molecule has 0 fully saturated rings. The van der Waals surface area contributed by atoms with Crippen molar-refractivity contribution in [2.45, 2.75) is 59.3 Å². The molecule has 0 aliphatic rings. The molecule has 1 aromatic rings. The Hall–Kier alpha value is -1.75. The summed E-state index contributed by atoms with van der Waals surface area (Å²) >= 11 is 0. The quantitative estimate of drug-likeness (QED) is 0.872. The number of benzene rings is 1. The van der Waals surface area contributed by atoms with Crippen molar-refractivity contribution in [2.75, 3.05) is 13.2 Å². The standard InChI is InChI=1S/C18H29NO4/c1-13(2)19(17(21)23-18(4,5)6)11-15(20)12-22-16-9-7-8-14(3)10-16/h7-10,13,15,20H,11-12H2,1-6H3. The summed E-state index contributed by atoms with van der Waals surface area (Å²) in [6, 6.07) is 7.55. The highest BCUT2D eigenvalue weighted by atomic mass is 16.6. The van der Waals surface area contributed by atoms with Gasteiger partial charge in [-0.3, -0.25) is 0 Å². The third-order valence-corrected chi connectivity index (χ3v) is 3.09. The maximum atomic E-state index is 12.2. The number of carbonyl (C=O) groups excluding carboxylic acids is 1. The van der Waals surface area contributed by atoms with Crippen molar-refractivity contribution in [1.29, 1.82) is 0 Å². The van der Waals surface area contributed by atoms with Crippen LogP contribution in [0.15, 0.2) is 24.3 Å². The highest BCUT2D eigenvalue weighted by Crippen LogP contribution is 2.14. The summed E-state index contributed by atoms with van der Waals surface area (Å²) in [4.78, 5) is 13.7. The fourth-order valence-corrected chi connectivity index (χ4v) is 1.99. The molecule has 5 nitrogen and oxygen atoms in total. The van der Waals surface area contributed by atoms with Gasteiger partial charge in [-0.15, -0.1) is 0 Å². The van der Waals surface area contributed by atoms with Crippen LogP contribution < -0.4 is 4.74 Å². The molecule has 0 aliphatic carbocycles. The average molecular weight is 323 g/mol. The van der Waals surface area contributed by atoms with E-state index in [2.05, 4.69) is 0 Å². The Morgan fingerprint density at radius 1 is 1.30 bits per heavy atom. The van der Waals surface area contributed by atoms with Gasteiger partial charge >= 0.3 is 6.09 Å². The van der Waals surface area contributed by atoms with E-state index in [1.165, 1.54) is 4.90 Å². The predicted molar refractivity (Wildman–Crippen MR) is 90.8 cm³/mol. The van der Waals surface area contributed by atoms with E-state index in [1.54, 1.807) is 0 Å². The van der Waals surface area contributed by atoms with Crippen molar-refractivity contribution >= 4 is 6.09 Å². The Morgan fingerprint density at radius 2 is 1.96 bits per heavy atom. The molecule has 1 N–H and O–H groups in total. The van der Waals surface area contributed by atoms with E-state index < -0.39 is 17.8 Å². The molecule has 1 unspecified atom stereocenters. The first-order valence-corrected chi connectivity index (χ1v) is 7.95. The highest BCUT2D eigenvalue weighted by Gasteiger charge is 2.26. The van der Waals surface area contributed by atoms with Crippen molar-refractivity contribution in [3.8, 4) is 5.75 Å². The van der Waals surface area contributed by atoms with Gasteiger partial charge in [-0.1, -0.05) is 12.1 Å². The number of hydrogen-bond donors (Lipinski definition) is 1. The van der Waals surface area contributed by atoms with Crippen LogP contribution in [0, 0.1) is 6.92 Å². The fourth-order valence-electron chi connectivity index (χ4n) is 1.99. The van der Waals surface area contributed by atoms with Crippen molar-refractivity contribution < 1.29 is 19.4 Å². The first kappa shape index (κ1) is 19.3. The largest absolute Gasteiger partial charge is 0.491 e. The SMILES string of the molecule is Cc1cccc(OCC(O)CN(C(=O)OC(C)(C)C)C(C)C)c1. The number of carbonyl (C=O) groups is 1. The molecule has 1 aromatic carbocycles. The minimum Gasteiger partial charge on any atom is -0.491 e. The van der Waals surface area contributed by atoms with Crippen LogP contribution in [0.1, 0.15) is 40.2 Å². The molecule has 1 amide bonds. The van der Waals surface area contributed by atoms with Gasteiger partial charge in [0.05, 0.1) is 6.54 Å². The second-order valence-electron chi connectivity index (χ2n) is 7.01. The molecule has 5 heteroatoms. The Balaban J connectivity index is 2.57. The average Bonchev–Trinajstić information content (AvgIpc) is 2.40. The smallest absolute Gasteiger partial charge is 0.410 e. The van der Waals surface area contributed by atoms with Gasteiger partial charge in [0.15, 0.2) is 0 Å². The van der Waals surface area contributed by atoms with Gasteiger partial charge in [0.2, 0.25) is 0 Å². The maximum Gasteiger partial charge on any atom is 0.410 e. The second kappa shape index (κ2) is 8.20. The monoisotopic (exact) mass is 323 g/mol. The van der Waals surface area contributed by atoms with E-state index >= 15 is 0 Å². The molecule has 23 heavy (non-hydrogen) atoms. The zero-order valence-electron chi connectivity index (χ0n) is 15.0. The Morgan fingerprint density at radius 3 is 2.48 bits per heavy atom. The molecule has 1 rings (SSSR count). The van der Waals surface area contributed by atoms with Gasteiger partial charge in [-0.05, 0) is 59.2 Å². The Kier molecular flexibility index (Phi) is 6.88. The number of rotatable bonds is 6. The lowest BCUT2D eigenvalue weighted by Gasteiger charge is -2.31. The second-order valence-corrected chi connectivity index (χ2v) is 7.01. The van der Waals surface area contributed by atoms with Gasteiger partial charge in [0.25, 0.3) is 0 Å². The number of aliphatic hydroxyl groups is 1. The molecule has 0 radical (unpaired) electrons. The zero-order chi connectivity index (χ0) is 17.6. The van der Waals surface area contributed by atoms with E-state index in [4.69, 9.17) is 9.47 Å². The van der Waals surface area contributed by atoms with Crippen molar-refractivity contribution in [1.82, 2.24) is 4.90 Å². The number of amides is 1. The molecule has 0 bridgehead atoms. The third-order valence-electron chi connectivity index (χ3n) is 3.09. The number of hydrogen-bond acceptors (Lipinski definition) is 4. The Bertz CT molecular complexity index is 508. The topological polar surface area (TPSA) is 59.0 Å². The van der Waals surface area contributed by atoms with Gasteiger partial charge in [-0.25, -0.2) is 4.79 Å². The molecular formula is C18H29NO4. The molecule has 0 spiro atoms. The van der Waals surface area contributed by atoms with E-state index in [9.17, 15) is 9.90 Å². The molecule has 0 saturated carbocycles. The number of nitrogens with zero attached hydrogens (tertiary/aromatic N) is 1. The molecule has 1 atom stereocenters. The van der Waals surface area contributed by atoms with Crippen LogP contribution in [0.4, 0.5) is 4.79 Å².